The minimum atomic E-state index is -1.77. The fraction of sp³-hybridized carbons (Fsp3) is 0.300. The van der Waals surface area contributed by atoms with Gasteiger partial charge in [-0.1, -0.05) is 31.4 Å². The smallest absolute Gasteiger partial charge is 0.460 e. The summed E-state index contributed by atoms with van der Waals surface area (Å²) in [7, 11) is 0. The third kappa shape index (κ3) is 7.80. The molecule has 3 aliphatic heterocycles. The van der Waals surface area contributed by atoms with Crippen molar-refractivity contribution in [1.82, 2.24) is 9.97 Å². The lowest BCUT2D eigenvalue weighted by molar-refractivity contribution is -0.270. The Morgan fingerprint density at radius 2 is 1.53 bits per heavy atom. The fourth-order valence-electron chi connectivity index (χ4n) is 6.74. The van der Waals surface area contributed by atoms with Gasteiger partial charge in [-0.2, -0.15) is 0 Å². The van der Waals surface area contributed by atoms with E-state index in [2.05, 4.69) is 23.1 Å². The molecule has 0 saturated carbocycles. The molecule has 0 bridgehead atoms. The standard InChI is InChI=1S/C40H36N2O16/c1-4-10-49-39(47)57-32-20(3)54-38(35(58-40(48)50-11-5-2)34(32)55-36(45)27-15-41-8-9-42-27)56-33-25-13-23(17-44)22(16-43)12-24(25)30(31-26(33)18-51-37(31)46)21-6-7-28-29(14-21)53-19-52-28/h4-9,12-15,20,32,34-35,38,43-44H,1-2,10-11,16-19H2,3H3/t20-,32-,34+,35-,38?/m1/s1. The van der Waals surface area contributed by atoms with E-state index in [0.29, 0.717) is 44.5 Å². The van der Waals surface area contributed by atoms with E-state index >= 15 is 0 Å². The van der Waals surface area contributed by atoms with E-state index in [9.17, 15) is 29.4 Å². The summed E-state index contributed by atoms with van der Waals surface area (Å²) in [6.07, 6.45) is -3.95. The van der Waals surface area contributed by atoms with E-state index in [0.717, 1.165) is 6.20 Å². The second-order valence-corrected chi connectivity index (χ2v) is 12.8. The van der Waals surface area contributed by atoms with Gasteiger partial charge in [0.2, 0.25) is 19.2 Å². The fourth-order valence-corrected chi connectivity index (χ4v) is 6.74. The first-order valence-corrected chi connectivity index (χ1v) is 17.8. The van der Waals surface area contributed by atoms with Crippen molar-refractivity contribution in [2.75, 3.05) is 20.0 Å². The number of nitrogens with zero attached hydrogens (tertiary/aromatic N) is 2. The maximum atomic E-state index is 13.7. The highest BCUT2D eigenvalue weighted by atomic mass is 16.8. The van der Waals surface area contributed by atoms with E-state index < -0.39 is 68.2 Å². The van der Waals surface area contributed by atoms with Crippen molar-refractivity contribution in [2.24, 2.45) is 0 Å². The van der Waals surface area contributed by atoms with Gasteiger partial charge in [0.05, 0.1) is 25.0 Å². The van der Waals surface area contributed by atoms with Crippen LogP contribution in [0, 0.1) is 0 Å². The lowest BCUT2D eigenvalue weighted by Gasteiger charge is -2.43. The summed E-state index contributed by atoms with van der Waals surface area (Å²) in [5.41, 5.74) is 1.71. The number of aromatic nitrogens is 2. The van der Waals surface area contributed by atoms with E-state index in [4.69, 9.17) is 47.4 Å². The Bertz CT molecular complexity index is 2260. The van der Waals surface area contributed by atoms with Gasteiger partial charge in [-0.3, -0.25) is 4.98 Å². The Morgan fingerprint density at radius 1 is 0.845 bits per heavy atom. The molecule has 5 atom stereocenters. The van der Waals surface area contributed by atoms with Crippen molar-refractivity contribution in [2.45, 2.75) is 57.5 Å². The van der Waals surface area contributed by atoms with Gasteiger partial charge < -0.3 is 57.6 Å². The van der Waals surface area contributed by atoms with E-state index in [-0.39, 0.29) is 49.2 Å². The number of hydrogen-bond acceptors (Lipinski definition) is 18. The van der Waals surface area contributed by atoms with Crippen LogP contribution in [0.3, 0.4) is 0 Å². The molecule has 18 nitrogen and oxygen atoms in total. The zero-order valence-electron chi connectivity index (χ0n) is 30.8. The summed E-state index contributed by atoms with van der Waals surface area (Å²) in [6.45, 7) is 6.78. The van der Waals surface area contributed by atoms with E-state index in [1.165, 1.54) is 31.5 Å². The van der Waals surface area contributed by atoms with Crippen LogP contribution in [0.5, 0.6) is 17.2 Å². The minimum absolute atomic E-state index is 0.00211. The van der Waals surface area contributed by atoms with Crippen molar-refractivity contribution in [3.63, 3.8) is 0 Å². The van der Waals surface area contributed by atoms with Gasteiger partial charge in [0.15, 0.2) is 29.4 Å². The van der Waals surface area contributed by atoms with Gasteiger partial charge in [0, 0.05) is 28.9 Å². The number of hydrogen-bond donors (Lipinski definition) is 2. The molecule has 7 rings (SSSR count). The predicted octanol–water partition coefficient (Wildman–Crippen LogP) is 4.45. The topological polar surface area (TPSA) is 227 Å². The van der Waals surface area contributed by atoms with Crippen molar-refractivity contribution >= 4 is 35.0 Å². The quantitative estimate of drug-likeness (QED) is 0.108. The molecular formula is C40H36N2O16. The maximum absolute atomic E-state index is 13.7. The lowest BCUT2D eigenvalue weighted by Crippen LogP contribution is -2.62. The molecular weight excluding hydrogens is 764 g/mol. The molecule has 3 aliphatic rings. The number of rotatable bonds is 13. The van der Waals surface area contributed by atoms with Crippen LogP contribution in [0.15, 0.2) is 74.2 Å². The molecule has 4 heterocycles. The average Bonchev–Trinajstić information content (AvgIpc) is 3.87. The van der Waals surface area contributed by atoms with Crippen LogP contribution < -0.4 is 14.2 Å². The number of benzene rings is 3. The Hall–Kier alpha value is -6.76. The monoisotopic (exact) mass is 800 g/mol. The zero-order chi connectivity index (χ0) is 40.9. The van der Waals surface area contributed by atoms with Crippen molar-refractivity contribution < 1.29 is 76.8 Å². The van der Waals surface area contributed by atoms with Gasteiger partial charge in [-0.15, -0.1) is 0 Å². The average molecular weight is 801 g/mol. The summed E-state index contributed by atoms with van der Waals surface area (Å²) in [4.78, 5) is 61.0. The van der Waals surface area contributed by atoms with Crippen molar-refractivity contribution in [3.8, 4) is 28.4 Å². The number of carbonyl (C=O) groups excluding carboxylic acids is 4. The van der Waals surface area contributed by atoms with Crippen LogP contribution in [0.25, 0.3) is 21.9 Å². The van der Waals surface area contributed by atoms with Crippen LogP contribution in [0.4, 0.5) is 9.59 Å². The predicted molar refractivity (Wildman–Crippen MR) is 196 cm³/mol. The molecule has 0 radical (unpaired) electrons. The third-order valence-electron chi connectivity index (χ3n) is 9.31. The largest absolute Gasteiger partial charge is 0.509 e. The van der Waals surface area contributed by atoms with Gasteiger partial charge in [-0.05, 0) is 53.3 Å². The number of aliphatic hydroxyl groups excluding tert-OH is 2. The molecule has 1 saturated heterocycles. The van der Waals surface area contributed by atoms with Crippen LogP contribution in [0.2, 0.25) is 0 Å². The van der Waals surface area contributed by atoms with Crippen molar-refractivity contribution in [3.05, 3.63) is 102 Å². The molecule has 0 aliphatic carbocycles. The molecule has 1 aromatic heterocycles. The normalized spacial score (nSPS) is 20.3. The van der Waals surface area contributed by atoms with Gasteiger partial charge in [0.1, 0.15) is 31.7 Å². The molecule has 0 spiro atoms. The molecule has 0 amide bonds. The summed E-state index contributed by atoms with van der Waals surface area (Å²) in [6, 6.07) is 8.30. The molecule has 18 heteroatoms. The number of aliphatic hydroxyl groups is 2. The summed E-state index contributed by atoms with van der Waals surface area (Å²) in [5, 5.41) is 21.4. The molecule has 302 valence electrons. The highest BCUT2D eigenvalue weighted by Gasteiger charge is 2.53. The molecule has 2 N–H and O–H groups in total. The number of cyclic esters (lactones) is 1. The van der Waals surface area contributed by atoms with Gasteiger partial charge >= 0.3 is 24.2 Å². The molecule has 58 heavy (non-hydrogen) atoms. The highest BCUT2D eigenvalue weighted by molar-refractivity contribution is 6.13. The second-order valence-electron chi connectivity index (χ2n) is 12.8. The third-order valence-corrected chi connectivity index (χ3v) is 9.31. The lowest BCUT2D eigenvalue weighted by atomic mass is 9.87. The van der Waals surface area contributed by atoms with Crippen LogP contribution in [-0.2, 0) is 53.0 Å². The molecule has 1 unspecified atom stereocenters. The number of esters is 2. The second kappa shape index (κ2) is 17.2. The number of carbonyl (C=O) groups is 4. The van der Waals surface area contributed by atoms with Gasteiger partial charge in [0.25, 0.3) is 0 Å². The highest BCUT2D eigenvalue weighted by Crippen LogP contribution is 2.48. The first-order valence-electron chi connectivity index (χ1n) is 17.8. The summed E-state index contributed by atoms with van der Waals surface area (Å²) < 4.78 is 56.9. The van der Waals surface area contributed by atoms with Crippen LogP contribution >= 0.6 is 0 Å². The van der Waals surface area contributed by atoms with Crippen molar-refractivity contribution in [1.29, 1.82) is 0 Å². The first kappa shape index (κ1) is 39.5. The SMILES string of the molecule is C=CCOC(=O)O[C@H]1[C@H](OC(=O)c2cnccn2)[C@@H](OC(=O)OCC=C)C(Oc2c3c(c(-c4ccc5c(c4)OCO5)c4cc(CO)c(CO)cc24)C(=O)OC3)O[C@@H]1C. The maximum Gasteiger partial charge on any atom is 0.509 e. The Kier molecular flexibility index (Phi) is 11.7. The van der Waals surface area contributed by atoms with Gasteiger partial charge in [-0.25, -0.2) is 24.2 Å². The molecule has 4 aromatic rings. The summed E-state index contributed by atoms with van der Waals surface area (Å²) in [5.74, 6) is -0.825. The Morgan fingerprint density at radius 3 is 2.21 bits per heavy atom. The Balaban J connectivity index is 1.39. The Labute approximate surface area is 329 Å². The first-order chi connectivity index (χ1) is 28.1. The van der Waals surface area contributed by atoms with E-state index in [1.54, 1.807) is 30.3 Å². The zero-order valence-corrected chi connectivity index (χ0v) is 30.8. The number of ether oxygens (including phenoxy) is 10. The minimum Gasteiger partial charge on any atom is -0.460 e. The molecule has 1 fully saturated rings. The molecule has 3 aromatic carbocycles. The number of fused-ring (bicyclic) bond motifs is 3. The summed E-state index contributed by atoms with van der Waals surface area (Å²) >= 11 is 0. The van der Waals surface area contributed by atoms with E-state index in [1.807, 2.05) is 0 Å². The van der Waals surface area contributed by atoms with Crippen LogP contribution in [0.1, 0.15) is 44.5 Å². The van der Waals surface area contributed by atoms with Crippen LogP contribution in [-0.4, -0.2) is 95.1 Å².